The Hall–Kier alpha value is -1.54. The van der Waals surface area contributed by atoms with Gasteiger partial charge in [-0.25, -0.2) is 0 Å². The van der Waals surface area contributed by atoms with Crippen molar-refractivity contribution in [2.75, 3.05) is 6.54 Å². The lowest BCUT2D eigenvalue weighted by molar-refractivity contribution is 0.461. The van der Waals surface area contributed by atoms with Crippen LogP contribution in [-0.2, 0) is 6.42 Å². The molecule has 0 saturated heterocycles. The molecule has 2 nitrogen and oxygen atoms in total. The van der Waals surface area contributed by atoms with Crippen molar-refractivity contribution in [1.82, 2.24) is 5.32 Å². The fourth-order valence-electron chi connectivity index (χ4n) is 3.04. The van der Waals surface area contributed by atoms with E-state index in [2.05, 4.69) is 48.6 Å². The standard InChI is InChI=1S/C17H21NO/c1-2-18-17(10-13-8-9-19-12-13)16-11-15(16)14-6-4-3-5-7-14/h3-9,12,15-18H,2,10-11H2,1H3. The molecule has 1 aromatic heterocycles. The fraction of sp³-hybridized carbons (Fsp3) is 0.412. The summed E-state index contributed by atoms with van der Waals surface area (Å²) in [6.07, 6.45) is 6.00. The van der Waals surface area contributed by atoms with Gasteiger partial charge in [0, 0.05) is 6.04 Å². The van der Waals surface area contributed by atoms with E-state index in [1.807, 2.05) is 6.26 Å². The lowest BCUT2D eigenvalue weighted by Gasteiger charge is -2.17. The van der Waals surface area contributed by atoms with E-state index in [9.17, 15) is 0 Å². The van der Waals surface area contributed by atoms with Crippen molar-refractivity contribution < 1.29 is 4.42 Å². The lowest BCUT2D eigenvalue weighted by Crippen LogP contribution is -2.33. The first-order valence-corrected chi connectivity index (χ1v) is 7.18. The summed E-state index contributed by atoms with van der Waals surface area (Å²) in [5.41, 5.74) is 2.78. The Morgan fingerprint density at radius 2 is 2.11 bits per heavy atom. The van der Waals surface area contributed by atoms with Crippen molar-refractivity contribution in [3.63, 3.8) is 0 Å². The molecular formula is C17H21NO. The van der Waals surface area contributed by atoms with Crippen LogP contribution in [0.3, 0.4) is 0 Å². The van der Waals surface area contributed by atoms with E-state index in [0.717, 1.165) is 24.8 Å². The Balaban J connectivity index is 1.66. The SMILES string of the molecule is CCNC(Cc1ccoc1)C1CC1c1ccccc1. The number of likely N-dealkylation sites (N-methyl/N-ethyl adjacent to an activating group) is 1. The third kappa shape index (κ3) is 2.90. The molecule has 3 unspecified atom stereocenters. The van der Waals surface area contributed by atoms with Gasteiger partial charge in [-0.2, -0.15) is 0 Å². The van der Waals surface area contributed by atoms with E-state index < -0.39 is 0 Å². The van der Waals surface area contributed by atoms with Crippen LogP contribution in [-0.4, -0.2) is 12.6 Å². The molecule has 0 bridgehead atoms. The van der Waals surface area contributed by atoms with Crippen molar-refractivity contribution in [2.24, 2.45) is 5.92 Å². The summed E-state index contributed by atoms with van der Waals surface area (Å²) in [6.45, 7) is 3.21. The number of rotatable bonds is 6. The quantitative estimate of drug-likeness (QED) is 0.853. The maximum absolute atomic E-state index is 5.18. The first-order chi connectivity index (χ1) is 9.38. The van der Waals surface area contributed by atoms with E-state index >= 15 is 0 Å². The van der Waals surface area contributed by atoms with Gasteiger partial charge in [0.25, 0.3) is 0 Å². The maximum atomic E-state index is 5.18. The van der Waals surface area contributed by atoms with E-state index in [1.165, 1.54) is 17.5 Å². The lowest BCUT2D eigenvalue weighted by atomic mass is 10.0. The molecule has 1 heterocycles. The molecule has 100 valence electrons. The zero-order valence-electron chi connectivity index (χ0n) is 11.4. The van der Waals surface area contributed by atoms with Crippen molar-refractivity contribution in [3.8, 4) is 0 Å². The van der Waals surface area contributed by atoms with Crippen molar-refractivity contribution in [2.45, 2.75) is 31.7 Å². The van der Waals surface area contributed by atoms with Gasteiger partial charge in [-0.15, -0.1) is 0 Å². The van der Waals surface area contributed by atoms with Crippen LogP contribution in [0.2, 0.25) is 0 Å². The van der Waals surface area contributed by atoms with E-state index in [-0.39, 0.29) is 0 Å². The number of furan rings is 1. The number of nitrogens with one attached hydrogen (secondary N) is 1. The molecule has 1 N–H and O–H groups in total. The second kappa shape index (κ2) is 5.62. The average Bonchev–Trinajstić information content (AvgIpc) is 3.09. The Morgan fingerprint density at radius 1 is 1.26 bits per heavy atom. The Kier molecular flexibility index (Phi) is 3.69. The first-order valence-electron chi connectivity index (χ1n) is 7.18. The summed E-state index contributed by atoms with van der Waals surface area (Å²) in [5, 5.41) is 3.64. The van der Waals surface area contributed by atoms with Gasteiger partial charge in [0.2, 0.25) is 0 Å². The molecule has 1 aromatic carbocycles. The van der Waals surface area contributed by atoms with Crippen LogP contribution in [0, 0.1) is 5.92 Å². The Morgan fingerprint density at radius 3 is 2.79 bits per heavy atom. The second-order valence-corrected chi connectivity index (χ2v) is 5.42. The molecule has 0 amide bonds. The smallest absolute Gasteiger partial charge is 0.0935 e. The van der Waals surface area contributed by atoms with Gasteiger partial charge in [0.1, 0.15) is 0 Å². The van der Waals surface area contributed by atoms with E-state index in [4.69, 9.17) is 4.42 Å². The largest absolute Gasteiger partial charge is 0.472 e. The zero-order valence-corrected chi connectivity index (χ0v) is 11.4. The molecule has 3 atom stereocenters. The molecule has 1 aliphatic carbocycles. The molecule has 3 rings (SSSR count). The molecule has 1 fully saturated rings. The van der Waals surface area contributed by atoms with Crippen LogP contribution in [0.1, 0.15) is 30.4 Å². The predicted octanol–water partition coefficient (Wildman–Crippen LogP) is 3.60. The highest BCUT2D eigenvalue weighted by Gasteiger charge is 2.43. The summed E-state index contributed by atoms with van der Waals surface area (Å²) < 4.78 is 5.18. The van der Waals surface area contributed by atoms with Gasteiger partial charge in [-0.3, -0.25) is 0 Å². The van der Waals surface area contributed by atoms with E-state index in [0.29, 0.717) is 6.04 Å². The van der Waals surface area contributed by atoms with Crippen molar-refractivity contribution in [3.05, 3.63) is 60.1 Å². The topological polar surface area (TPSA) is 25.2 Å². The number of benzene rings is 1. The van der Waals surface area contributed by atoms with Gasteiger partial charge in [-0.05, 0) is 48.4 Å². The van der Waals surface area contributed by atoms with Gasteiger partial charge in [-0.1, -0.05) is 37.3 Å². The van der Waals surface area contributed by atoms with Gasteiger partial charge < -0.3 is 9.73 Å². The Labute approximate surface area is 114 Å². The van der Waals surface area contributed by atoms with Crippen LogP contribution in [0.5, 0.6) is 0 Å². The molecule has 0 spiro atoms. The molecule has 2 heteroatoms. The molecule has 1 saturated carbocycles. The minimum atomic E-state index is 0.563. The van der Waals surface area contributed by atoms with E-state index in [1.54, 1.807) is 6.26 Å². The normalized spacial score (nSPS) is 23.2. The molecule has 1 aliphatic rings. The summed E-state index contributed by atoms with van der Waals surface area (Å²) in [5.74, 6) is 1.49. The highest BCUT2D eigenvalue weighted by molar-refractivity contribution is 5.27. The van der Waals surface area contributed by atoms with Crippen LogP contribution >= 0.6 is 0 Å². The highest BCUT2D eigenvalue weighted by atomic mass is 16.3. The van der Waals surface area contributed by atoms with Gasteiger partial charge >= 0.3 is 0 Å². The summed E-state index contributed by atoms with van der Waals surface area (Å²) in [6, 6.07) is 13.5. The molecule has 0 aliphatic heterocycles. The average molecular weight is 255 g/mol. The molecular weight excluding hydrogens is 234 g/mol. The monoisotopic (exact) mass is 255 g/mol. The second-order valence-electron chi connectivity index (χ2n) is 5.42. The van der Waals surface area contributed by atoms with Gasteiger partial charge in [0.05, 0.1) is 12.5 Å². The van der Waals surface area contributed by atoms with Crippen molar-refractivity contribution in [1.29, 1.82) is 0 Å². The summed E-state index contributed by atoms with van der Waals surface area (Å²) in [4.78, 5) is 0. The minimum Gasteiger partial charge on any atom is -0.472 e. The van der Waals surface area contributed by atoms with Crippen LogP contribution in [0.15, 0.2) is 53.3 Å². The number of hydrogen-bond donors (Lipinski definition) is 1. The van der Waals surface area contributed by atoms with Gasteiger partial charge in [0.15, 0.2) is 0 Å². The highest BCUT2D eigenvalue weighted by Crippen LogP contribution is 2.50. The number of hydrogen-bond acceptors (Lipinski definition) is 2. The molecule has 0 radical (unpaired) electrons. The third-order valence-electron chi connectivity index (χ3n) is 4.09. The first kappa shape index (κ1) is 12.5. The zero-order chi connectivity index (χ0) is 13.1. The summed E-state index contributed by atoms with van der Waals surface area (Å²) in [7, 11) is 0. The van der Waals surface area contributed by atoms with Crippen LogP contribution < -0.4 is 5.32 Å². The Bertz CT molecular complexity index is 491. The summed E-state index contributed by atoms with van der Waals surface area (Å²) >= 11 is 0. The maximum Gasteiger partial charge on any atom is 0.0935 e. The minimum absolute atomic E-state index is 0.563. The van der Waals surface area contributed by atoms with Crippen LogP contribution in [0.25, 0.3) is 0 Å². The van der Waals surface area contributed by atoms with Crippen molar-refractivity contribution >= 4 is 0 Å². The predicted molar refractivity (Wildman–Crippen MR) is 77.2 cm³/mol. The van der Waals surface area contributed by atoms with Crippen LogP contribution in [0.4, 0.5) is 0 Å². The fourth-order valence-corrected chi connectivity index (χ4v) is 3.04. The molecule has 2 aromatic rings. The third-order valence-corrected chi connectivity index (χ3v) is 4.09. The molecule has 19 heavy (non-hydrogen) atoms.